The third-order valence-electron chi connectivity index (χ3n) is 3.86. The molecule has 0 radical (unpaired) electrons. The van der Waals surface area contributed by atoms with E-state index in [1.165, 1.54) is 0 Å². The first-order valence-electron chi connectivity index (χ1n) is 8.71. The molecule has 0 aliphatic rings. The van der Waals surface area contributed by atoms with E-state index in [1.807, 2.05) is 56.7 Å². The van der Waals surface area contributed by atoms with Gasteiger partial charge in [0.05, 0.1) is 13.7 Å². The lowest BCUT2D eigenvalue weighted by Gasteiger charge is -2.19. The van der Waals surface area contributed by atoms with E-state index in [2.05, 4.69) is 25.8 Å². The molecule has 2 rings (SSSR count). The fraction of sp³-hybridized carbons (Fsp3) is 0.500. The van der Waals surface area contributed by atoms with Gasteiger partial charge in [-0.05, 0) is 32.9 Å². The van der Waals surface area contributed by atoms with Gasteiger partial charge < -0.3 is 24.7 Å². The Labute approximate surface area is 177 Å². The second-order valence-corrected chi connectivity index (χ2v) is 5.88. The SMILES string of the molecule is CCNC(=NCc1nnc(C)n1C)NCC(C)Oc1ccccc1OC.I. The van der Waals surface area contributed by atoms with Crippen molar-refractivity contribution in [3.05, 3.63) is 35.9 Å². The minimum Gasteiger partial charge on any atom is -0.493 e. The number of aliphatic imine (C=N–C) groups is 1. The quantitative estimate of drug-likeness (QED) is 0.337. The van der Waals surface area contributed by atoms with Crippen LogP contribution in [0.2, 0.25) is 0 Å². The van der Waals surface area contributed by atoms with Crippen LogP contribution < -0.4 is 20.1 Å². The van der Waals surface area contributed by atoms with Crippen molar-refractivity contribution in [2.24, 2.45) is 12.0 Å². The summed E-state index contributed by atoms with van der Waals surface area (Å²) in [6.07, 6.45) is -0.0628. The summed E-state index contributed by atoms with van der Waals surface area (Å²) >= 11 is 0. The molecule has 1 atom stereocenters. The first-order valence-corrected chi connectivity index (χ1v) is 8.71. The molecule has 0 bridgehead atoms. The number of rotatable bonds is 8. The number of guanidine groups is 1. The number of aromatic nitrogens is 3. The van der Waals surface area contributed by atoms with Gasteiger partial charge in [-0.1, -0.05) is 12.1 Å². The lowest BCUT2D eigenvalue weighted by molar-refractivity contribution is 0.213. The summed E-state index contributed by atoms with van der Waals surface area (Å²) in [6.45, 7) is 7.76. The molecule has 0 saturated carbocycles. The van der Waals surface area contributed by atoms with E-state index in [9.17, 15) is 0 Å². The van der Waals surface area contributed by atoms with E-state index in [0.717, 1.165) is 29.7 Å². The van der Waals surface area contributed by atoms with Crippen molar-refractivity contribution in [3.8, 4) is 11.5 Å². The van der Waals surface area contributed by atoms with Gasteiger partial charge in [-0.2, -0.15) is 0 Å². The molecule has 1 heterocycles. The van der Waals surface area contributed by atoms with E-state index in [0.29, 0.717) is 19.0 Å². The average molecular weight is 488 g/mol. The highest BCUT2D eigenvalue weighted by molar-refractivity contribution is 14.0. The molecule has 2 N–H and O–H groups in total. The molecular formula is C18H29IN6O2. The normalized spacial score (nSPS) is 12.1. The summed E-state index contributed by atoms with van der Waals surface area (Å²) in [6, 6.07) is 7.61. The minimum absolute atomic E-state index is 0. The average Bonchev–Trinajstić information content (AvgIpc) is 2.96. The fourth-order valence-corrected chi connectivity index (χ4v) is 2.30. The van der Waals surface area contributed by atoms with Crippen LogP contribution in [-0.2, 0) is 13.6 Å². The Morgan fingerprint density at radius 2 is 1.93 bits per heavy atom. The van der Waals surface area contributed by atoms with Crippen LogP contribution in [0, 0.1) is 6.92 Å². The number of methoxy groups -OCH3 is 1. The first-order chi connectivity index (χ1) is 12.5. The standard InChI is InChI=1S/C18H28N6O2.HI/c1-6-19-18(21-12-17-23-22-14(3)24(17)4)20-11-13(2)26-16-10-8-7-9-15(16)25-5;/h7-10,13H,6,11-12H2,1-5H3,(H2,19,20,21);1H. The maximum atomic E-state index is 5.95. The fourth-order valence-electron chi connectivity index (χ4n) is 2.30. The molecule has 27 heavy (non-hydrogen) atoms. The molecule has 2 aromatic rings. The van der Waals surface area contributed by atoms with Crippen LogP contribution in [0.15, 0.2) is 29.3 Å². The van der Waals surface area contributed by atoms with Gasteiger partial charge in [0.15, 0.2) is 23.3 Å². The van der Waals surface area contributed by atoms with Crippen molar-refractivity contribution in [2.45, 2.75) is 33.4 Å². The van der Waals surface area contributed by atoms with E-state index in [1.54, 1.807) is 7.11 Å². The Bertz CT molecular complexity index is 734. The lowest BCUT2D eigenvalue weighted by atomic mass is 10.3. The molecule has 8 nitrogen and oxygen atoms in total. The number of aryl methyl sites for hydroxylation is 1. The molecular weight excluding hydrogens is 459 g/mol. The minimum atomic E-state index is -0.0628. The highest BCUT2D eigenvalue weighted by Crippen LogP contribution is 2.26. The second kappa shape index (κ2) is 11.6. The number of benzene rings is 1. The van der Waals surface area contributed by atoms with Gasteiger partial charge in [0.25, 0.3) is 0 Å². The molecule has 1 unspecified atom stereocenters. The van der Waals surface area contributed by atoms with Gasteiger partial charge in [-0.15, -0.1) is 34.2 Å². The Morgan fingerprint density at radius 1 is 1.22 bits per heavy atom. The van der Waals surface area contributed by atoms with E-state index in [4.69, 9.17) is 9.47 Å². The topological polar surface area (TPSA) is 85.6 Å². The Balaban J connectivity index is 0.00000364. The molecule has 0 aliphatic carbocycles. The number of hydrogen-bond donors (Lipinski definition) is 2. The van der Waals surface area contributed by atoms with Crippen molar-refractivity contribution in [1.82, 2.24) is 25.4 Å². The van der Waals surface area contributed by atoms with Gasteiger partial charge in [0.1, 0.15) is 18.5 Å². The number of para-hydroxylation sites is 2. The van der Waals surface area contributed by atoms with Gasteiger partial charge >= 0.3 is 0 Å². The van der Waals surface area contributed by atoms with Crippen molar-refractivity contribution in [1.29, 1.82) is 0 Å². The zero-order valence-corrected chi connectivity index (χ0v) is 18.9. The summed E-state index contributed by atoms with van der Waals surface area (Å²) in [5.41, 5.74) is 0. The van der Waals surface area contributed by atoms with Crippen LogP contribution >= 0.6 is 24.0 Å². The maximum absolute atomic E-state index is 5.95. The lowest BCUT2D eigenvalue weighted by Crippen LogP contribution is -2.41. The summed E-state index contributed by atoms with van der Waals surface area (Å²) in [5.74, 6) is 3.84. The van der Waals surface area contributed by atoms with Gasteiger partial charge in [0, 0.05) is 13.6 Å². The number of hydrogen-bond acceptors (Lipinski definition) is 5. The third-order valence-corrected chi connectivity index (χ3v) is 3.86. The summed E-state index contributed by atoms with van der Waals surface area (Å²) in [4.78, 5) is 4.56. The highest BCUT2D eigenvalue weighted by atomic mass is 127. The van der Waals surface area contributed by atoms with Gasteiger partial charge in [0.2, 0.25) is 0 Å². The highest BCUT2D eigenvalue weighted by Gasteiger charge is 2.10. The zero-order chi connectivity index (χ0) is 18.9. The number of halogens is 1. The summed E-state index contributed by atoms with van der Waals surface area (Å²) < 4.78 is 13.2. The predicted molar refractivity (Wildman–Crippen MR) is 117 cm³/mol. The summed E-state index contributed by atoms with van der Waals surface area (Å²) in [5, 5.41) is 14.7. The van der Waals surface area contributed by atoms with E-state index in [-0.39, 0.29) is 30.1 Å². The van der Waals surface area contributed by atoms with Crippen LogP contribution in [0.1, 0.15) is 25.5 Å². The van der Waals surface area contributed by atoms with Crippen molar-refractivity contribution < 1.29 is 9.47 Å². The Hall–Kier alpha value is -2.04. The molecule has 0 fully saturated rings. The zero-order valence-electron chi connectivity index (χ0n) is 16.5. The van der Waals surface area contributed by atoms with E-state index < -0.39 is 0 Å². The number of nitrogens with zero attached hydrogens (tertiary/aromatic N) is 4. The number of nitrogens with one attached hydrogen (secondary N) is 2. The van der Waals surface area contributed by atoms with Crippen LogP contribution in [0.5, 0.6) is 11.5 Å². The molecule has 1 aromatic carbocycles. The van der Waals surface area contributed by atoms with Gasteiger partial charge in [-0.3, -0.25) is 0 Å². The molecule has 0 aliphatic heterocycles. The summed E-state index contributed by atoms with van der Waals surface area (Å²) in [7, 11) is 3.57. The molecule has 0 spiro atoms. The molecule has 0 amide bonds. The van der Waals surface area contributed by atoms with Gasteiger partial charge in [-0.25, -0.2) is 4.99 Å². The Morgan fingerprint density at radius 3 is 2.52 bits per heavy atom. The Kier molecular flexibility index (Phi) is 9.90. The van der Waals surface area contributed by atoms with Crippen LogP contribution in [0.4, 0.5) is 0 Å². The van der Waals surface area contributed by atoms with E-state index >= 15 is 0 Å². The third kappa shape index (κ3) is 6.89. The number of ether oxygens (including phenoxy) is 2. The van der Waals surface area contributed by atoms with Crippen molar-refractivity contribution in [2.75, 3.05) is 20.2 Å². The van der Waals surface area contributed by atoms with Crippen molar-refractivity contribution >= 4 is 29.9 Å². The predicted octanol–water partition coefficient (Wildman–Crippen LogP) is 2.27. The molecule has 1 aromatic heterocycles. The molecule has 0 saturated heterocycles. The second-order valence-electron chi connectivity index (χ2n) is 5.88. The molecule has 150 valence electrons. The van der Waals surface area contributed by atoms with Crippen LogP contribution in [-0.4, -0.2) is 47.0 Å². The monoisotopic (exact) mass is 488 g/mol. The van der Waals surface area contributed by atoms with Crippen molar-refractivity contribution in [3.63, 3.8) is 0 Å². The maximum Gasteiger partial charge on any atom is 0.191 e. The van der Waals surface area contributed by atoms with Crippen LogP contribution in [0.3, 0.4) is 0 Å². The molecule has 9 heteroatoms. The smallest absolute Gasteiger partial charge is 0.191 e. The largest absolute Gasteiger partial charge is 0.493 e. The first kappa shape index (κ1) is 23.0. The van der Waals surface area contributed by atoms with Crippen LogP contribution in [0.25, 0.3) is 0 Å².